The van der Waals surface area contributed by atoms with Crippen molar-refractivity contribution >= 4 is 5.97 Å². The maximum Gasteiger partial charge on any atom is 0.336 e. The van der Waals surface area contributed by atoms with Crippen molar-refractivity contribution in [2.75, 3.05) is 19.8 Å². The molecule has 0 aliphatic rings. The molecule has 0 aliphatic carbocycles. The van der Waals surface area contributed by atoms with Gasteiger partial charge in [-0.3, -0.25) is 0 Å². The fourth-order valence-electron chi connectivity index (χ4n) is 1.93. The van der Waals surface area contributed by atoms with Gasteiger partial charge in [0.15, 0.2) is 0 Å². The first kappa shape index (κ1) is 19.2. The Labute approximate surface area is 124 Å². The van der Waals surface area contributed by atoms with Gasteiger partial charge >= 0.3 is 5.97 Å². The molecule has 0 saturated carbocycles. The largest absolute Gasteiger partial charge is 0.462 e. The summed E-state index contributed by atoms with van der Waals surface area (Å²) in [5.41, 5.74) is 1.83. The molecule has 0 N–H and O–H groups in total. The Morgan fingerprint density at radius 2 is 1.65 bits per heavy atom. The number of unbranched alkanes of at least 4 members (excludes halogenated alkanes) is 4. The first-order valence-corrected chi connectivity index (χ1v) is 8.10. The number of hydrogen-bond acceptors (Lipinski definition) is 3. The fourth-order valence-corrected chi connectivity index (χ4v) is 1.93. The molecular weight excluding hydrogens is 252 g/mol. The number of rotatable bonds is 12. The van der Waals surface area contributed by atoms with E-state index in [1.165, 1.54) is 12.8 Å². The number of carbonyl (C=O) groups excluding carboxylic acids is 1. The summed E-state index contributed by atoms with van der Waals surface area (Å²) in [7, 11) is 0. The highest BCUT2D eigenvalue weighted by molar-refractivity contribution is 5.89. The molecule has 0 unspecified atom stereocenters. The van der Waals surface area contributed by atoms with Gasteiger partial charge in [-0.2, -0.15) is 0 Å². The van der Waals surface area contributed by atoms with E-state index in [4.69, 9.17) is 9.47 Å². The van der Waals surface area contributed by atoms with Crippen molar-refractivity contribution in [2.24, 2.45) is 0 Å². The predicted molar refractivity (Wildman–Crippen MR) is 83.8 cm³/mol. The Morgan fingerprint density at radius 3 is 2.25 bits per heavy atom. The summed E-state index contributed by atoms with van der Waals surface area (Å²) < 4.78 is 10.8. The van der Waals surface area contributed by atoms with Gasteiger partial charge < -0.3 is 9.47 Å². The predicted octanol–water partition coefficient (Wildman–Crippen LogP) is 4.65. The number of ether oxygens (including phenoxy) is 2. The van der Waals surface area contributed by atoms with Gasteiger partial charge in [-0.25, -0.2) is 4.79 Å². The van der Waals surface area contributed by atoms with E-state index < -0.39 is 0 Å². The summed E-state index contributed by atoms with van der Waals surface area (Å²) in [6, 6.07) is 0. The Morgan fingerprint density at radius 1 is 0.950 bits per heavy atom. The molecule has 0 heterocycles. The minimum Gasteiger partial charge on any atom is -0.462 e. The van der Waals surface area contributed by atoms with Gasteiger partial charge in [0.05, 0.1) is 18.8 Å². The normalized spacial score (nSPS) is 12.2. The molecule has 3 nitrogen and oxygen atoms in total. The smallest absolute Gasteiger partial charge is 0.336 e. The Hall–Kier alpha value is -0.830. The van der Waals surface area contributed by atoms with Crippen molar-refractivity contribution < 1.29 is 14.3 Å². The SMILES string of the molecule is CCCCCCOC(=O)C(COCC)=C(C)CCCC. The molecule has 20 heavy (non-hydrogen) atoms. The quantitative estimate of drug-likeness (QED) is 0.297. The summed E-state index contributed by atoms with van der Waals surface area (Å²) in [5, 5.41) is 0. The van der Waals surface area contributed by atoms with E-state index in [1.54, 1.807) is 0 Å². The number of allylic oxidation sites excluding steroid dienone is 1. The summed E-state index contributed by atoms with van der Waals surface area (Å²) in [4.78, 5) is 12.1. The van der Waals surface area contributed by atoms with Gasteiger partial charge in [-0.05, 0) is 33.1 Å². The lowest BCUT2D eigenvalue weighted by atomic mass is 10.0. The molecule has 0 aromatic heterocycles. The van der Waals surface area contributed by atoms with E-state index in [-0.39, 0.29) is 5.97 Å². The minimum absolute atomic E-state index is 0.191. The summed E-state index contributed by atoms with van der Waals surface area (Å²) >= 11 is 0. The lowest BCUT2D eigenvalue weighted by Gasteiger charge is -2.12. The molecule has 3 heteroatoms. The zero-order chi connectivity index (χ0) is 15.2. The molecular formula is C17H32O3. The number of esters is 1. The zero-order valence-electron chi connectivity index (χ0n) is 13.8. The van der Waals surface area contributed by atoms with Crippen molar-refractivity contribution in [3.63, 3.8) is 0 Å². The van der Waals surface area contributed by atoms with Crippen LogP contribution in [0.1, 0.15) is 72.6 Å². The second kappa shape index (κ2) is 13.2. The maximum atomic E-state index is 12.1. The Kier molecular flexibility index (Phi) is 12.6. The molecule has 0 spiro atoms. The number of hydrogen-bond donors (Lipinski definition) is 0. The molecule has 0 fully saturated rings. The van der Waals surface area contributed by atoms with Crippen LogP contribution in [-0.2, 0) is 14.3 Å². The average Bonchev–Trinajstić information content (AvgIpc) is 2.45. The van der Waals surface area contributed by atoms with Crippen LogP contribution in [-0.4, -0.2) is 25.8 Å². The van der Waals surface area contributed by atoms with Crippen LogP contribution in [0.2, 0.25) is 0 Å². The lowest BCUT2D eigenvalue weighted by molar-refractivity contribution is -0.139. The van der Waals surface area contributed by atoms with Gasteiger partial charge in [0, 0.05) is 6.61 Å². The molecule has 0 saturated heterocycles. The van der Waals surface area contributed by atoms with Gasteiger partial charge in [0.25, 0.3) is 0 Å². The first-order valence-electron chi connectivity index (χ1n) is 8.10. The molecule has 0 amide bonds. The number of carbonyl (C=O) groups is 1. The van der Waals surface area contributed by atoms with Crippen molar-refractivity contribution in [2.45, 2.75) is 72.6 Å². The molecule has 0 atom stereocenters. The Balaban J connectivity index is 4.33. The van der Waals surface area contributed by atoms with E-state index in [0.717, 1.165) is 43.3 Å². The van der Waals surface area contributed by atoms with Crippen LogP contribution in [0.15, 0.2) is 11.1 Å². The molecule has 118 valence electrons. The fraction of sp³-hybridized carbons (Fsp3) is 0.824. The maximum absolute atomic E-state index is 12.1. The molecule has 0 bridgehead atoms. The molecule has 0 aliphatic heterocycles. The lowest BCUT2D eigenvalue weighted by Crippen LogP contribution is -2.15. The van der Waals surface area contributed by atoms with E-state index in [9.17, 15) is 4.79 Å². The summed E-state index contributed by atoms with van der Waals surface area (Å²) in [6.07, 6.45) is 7.66. The van der Waals surface area contributed by atoms with Gasteiger partial charge in [-0.1, -0.05) is 45.1 Å². The first-order chi connectivity index (χ1) is 9.67. The molecule has 0 radical (unpaired) electrons. The van der Waals surface area contributed by atoms with E-state index >= 15 is 0 Å². The van der Waals surface area contributed by atoms with Crippen molar-refractivity contribution in [1.82, 2.24) is 0 Å². The van der Waals surface area contributed by atoms with Crippen LogP contribution in [0, 0.1) is 0 Å². The van der Waals surface area contributed by atoms with E-state index in [1.807, 2.05) is 13.8 Å². The monoisotopic (exact) mass is 284 g/mol. The molecule has 0 rings (SSSR count). The van der Waals surface area contributed by atoms with Gasteiger partial charge in [-0.15, -0.1) is 0 Å². The van der Waals surface area contributed by atoms with Crippen LogP contribution in [0.25, 0.3) is 0 Å². The third-order valence-electron chi connectivity index (χ3n) is 3.35. The minimum atomic E-state index is -0.191. The third-order valence-corrected chi connectivity index (χ3v) is 3.35. The highest BCUT2D eigenvalue weighted by Crippen LogP contribution is 2.14. The van der Waals surface area contributed by atoms with E-state index in [2.05, 4.69) is 13.8 Å². The summed E-state index contributed by atoms with van der Waals surface area (Å²) in [5.74, 6) is -0.191. The van der Waals surface area contributed by atoms with Crippen LogP contribution in [0.3, 0.4) is 0 Å². The average molecular weight is 284 g/mol. The summed E-state index contributed by atoms with van der Waals surface area (Å²) in [6.45, 7) is 9.80. The molecule has 0 aromatic carbocycles. The van der Waals surface area contributed by atoms with Crippen LogP contribution in [0.5, 0.6) is 0 Å². The second-order valence-electron chi connectivity index (χ2n) is 5.20. The van der Waals surface area contributed by atoms with Crippen LogP contribution >= 0.6 is 0 Å². The highest BCUT2D eigenvalue weighted by atomic mass is 16.5. The molecule has 0 aromatic rings. The zero-order valence-corrected chi connectivity index (χ0v) is 13.8. The van der Waals surface area contributed by atoms with Gasteiger partial charge in [0.1, 0.15) is 0 Å². The van der Waals surface area contributed by atoms with Crippen molar-refractivity contribution in [3.8, 4) is 0 Å². The highest BCUT2D eigenvalue weighted by Gasteiger charge is 2.14. The van der Waals surface area contributed by atoms with Crippen molar-refractivity contribution in [1.29, 1.82) is 0 Å². The van der Waals surface area contributed by atoms with Crippen LogP contribution < -0.4 is 0 Å². The Bertz CT molecular complexity index is 282. The standard InChI is InChI=1S/C17H32O3/c1-5-8-10-11-13-20-17(18)16(14-19-7-3)15(4)12-9-6-2/h5-14H2,1-4H3. The third kappa shape index (κ3) is 9.13. The van der Waals surface area contributed by atoms with Gasteiger partial charge in [0.2, 0.25) is 0 Å². The van der Waals surface area contributed by atoms with Crippen LogP contribution in [0.4, 0.5) is 0 Å². The topological polar surface area (TPSA) is 35.5 Å². The van der Waals surface area contributed by atoms with Crippen molar-refractivity contribution in [3.05, 3.63) is 11.1 Å². The van der Waals surface area contributed by atoms with E-state index in [0.29, 0.717) is 19.8 Å². The second-order valence-corrected chi connectivity index (χ2v) is 5.20.